The molecule has 0 heterocycles. The molecule has 0 aromatic carbocycles. The monoisotopic (exact) mass is 360 g/mol. The van der Waals surface area contributed by atoms with Gasteiger partial charge in [0, 0.05) is 6.08 Å². The molecule has 0 aromatic rings. The van der Waals surface area contributed by atoms with Crippen LogP contribution in [0.1, 0.15) is 64.7 Å². The molecule has 0 aliphatic carbocycles. The molecular formula is C15H29NaO6S. The summed E-state index contributed by atoms with van der Waals surface area (Å²) in [5, 5.41) is 0. The third-order valence-corrected chi connectivity index (χ3v) is 3.75. The van der Waals surface area contributed by atoms with Gasteiger partial charge < -0.3 is 0 Å². The zero-order valence-corrected chi connectivity index (χ0v) is 17.2. The van der Waals surface area contributed by atoms with Crippen molar-refractivity contribution in [2.24, 2.45) is 0 Å². The van der Waals surface area contributed by atoms with Gasteiger partial charge in [-0.25, -0.2) is 4.79 Å². The number of hydrogen-bond donors (Lipinski definition) is 2. The van der Waals surface area contributed by atoms with E-state index in [-0.39, 0.29) is 5.97 Å². The summed E-state index contributed by atoms with van der Waals surface area (Å²) in [5.41, 5.74) is 0. The fourth-order valence-electron chi connectivity index (χ4n) is 1.95. The van der Waals surface area contributed by atoms with Crippen LogP contribution in [-0.2, 0) is 19.9 Å². The molecule has 0 saturated carbocycles. The van der Waals surface area contributed by atoms with Crippen molar-refractivity contribution in [3.05, 3.63) is 12.2 Å². The second kappa shape index (κ2) is 18.4. The van der Waals surface area contributed by atoms with Gasteiger partial charge in [0.05, 0.1) is 0 Å². The normalized spacial score (nSPS) is 11.2. The summed E-state index contributed by atoms with van der Waals surface area (Å²) in [5.74, 6) is -0.212. The van der Waals surface area contributed by atoms with E-state index in [2.05, 4.69) is 0 Å². The van der Waals surface area contributed by atoms with Gasteiger partial charge in [-0.3, -0.25) is 9.11 Å². The second-order valence-electron chi connectivity index (χ2n) is 5.30. The van der Waals surface area contributed by atoms with Crippen molar-refractivity contribution in [1.29, 1.82) is 0 Å². The average Bonchev–Trinajstić information content (AvgIpc) is 2.43. The molecule has 0 saturated heterocycles. The van der Waals surface area contributed by atoms with Crippen LogP contribution >= 0.6 is 0 Å². The predicted molar refractivity (Wildman–Crippen MR) is 92.1 cm³/mol. The van der Waals surface area contributed by atoms with Crippen molar-refractivity contribution in [2.45, 2.75) is 68.4 Å². The molecule has 0 rings (SSSR count). The molecule has 0 unspecified atom stereocenters. The van der Waals surface area contributed by atoms with Crippen LogP contribution in [0.25, 0.3) is 0 Å². The molecule has 2 N–H and O–H groups in total. The first kappa shape index (κ1) is 25.3. The summed E-state index contributed by atoms with van der Waals surface area (Å²) in [6, 6.07) is 0. The smallest absolute Gasteiger partial charge is 0.264 e. The fraction of sp³-hybridized carbons (Fsp3) is 0.800. The van der Waals surface area contributed by atoms with Crippen molar-refractivity contribution >= 4 is 44.3 Å². The Bertz CT molecular complexity index is 387. The Morgan fingerprint density at radius 3 is 1.74 bits per heavy atom. The summed E-state index contributed by atoms with van der Waals surface area (Å²) in [7, 11) is -4.67. The van der Waals surface area contributed by atoms with E-state index in [1.165, 1.54) is 89.0 Å². The topological polar surface area (TPSA) is 101 Å². The van der Waals surface area contributed by atoms with Gasteiger partial charge in [0.2, 0.25) is 0 Å². The molecule has 0 radical (unpaired) electrons. The molecule has 23 heavy (non-hydrogen) atoms. The van der Waals surface area contributed by atoms with Crippen LogP contribution in [0.5, 0.6) is 0 Å². The summed E-state index contributed by atoms with van der Waals surface area (Å²) in [4.78, 5) is 11.0. The van der Waals surface area contributed by atoms with Crippen molar-refractivity contribution < 1.29 is 27.1 Å². The number of allylic oxidation sites excluding steroid dienone is 1. The molecule has 0 fully saturated rings. The zero-order chi connectivity index (χ0) is 18.0. The summed E-state index contributed by atoms with van der Waals surface area (Å²) < 4.78 is 38.1. The Morgan fingerprint density at radius 2 is 1.35 bits per heavy atom. The largest absolute Gasteiger partial charge is 0.394 e. The minimum atomic E-state index is -4.67. The Kier molecular flexibility index (Phi) is 20.3. The van der Waals surface area contributed by atoms with Crippen LogP contribution in [-0.4, -0.2) is 58.0 Å². The SMILES string of the molecule is C/C=C/C(=O)OCCCCCCCCCC[CH2][Na].O=S(=O)(O)O. The summed E-state index contributed by atoms with van der Waals surface area (Å²) in [6.45, 7) is 2.40. The third-order valence-electron chi connectivity index (χ3n) is 3.04. The first-order chi connectivity index (χ1) is 10.8. The van der Waals surface area contributed by atoms with E-state index < -0.39 is 10.4 Å². The number of unbranched alkanes of at least 4 members (excludes halogenated alkanes) is 8. The average molecular weight is 360 g/mol. The van der Waals surface area contributed by atoms with Gasteiger partial charge in [-0.05, 0) is 6.92 Å². The van der Waals surface area contributed by atoms with Gasteiger partial charge in [-0.2, -0.15) is 8.42 Å². The number of esters is 1. The van der Waals surface area contributed by atoms with Gasteiger partial charge in [-0.15, -0.1) is 0 Å². The van der Waals surface area contributed by atoms with Gasteiger partial charge >= 0.3 is 117 Å². The van der Waals surface area contributed by atoms with E-state index in [1.54, 1.807) is 6.08 Å². The van der Waals surface area contributed by atoms with Crippen LogP contribution in [0.4, 0.5) is 0 Å². The Morgan fingerprint density at radius 1 is 0.957 bits per heavy atom. The number of carbonyl (C=O) groups excluding carboxylic acids is 1. The standard InChI is InChI=1S/C15H27O2.Na.H2O4S/c1-3-5-6-7-8-9-10-11-12-14-17-15(16)13-4-2;;1-5(2,3)4/h4,13H,1,3,5-12,14H2,2H3;;(H2,1,2,3,4)/b13-4+;;. The van der Waals surface area contributed by atoms with E-state index in [0.29, 0.717) is 6.61 Å². The molecule has 0 atom stereocenters. The molecule has 132 valence electrons. The van der Waals surface area contributed by atoms with Crippen LogP contribution in [0.3, 0.4) is 0 Å². The van der Waals surface area contributed by atoms with Crippen LogP contribution < -0.4 is 0 Å². The number of rotatable bonds is 12. The molecule has 0 aromatic heterocycles. The van der Waals surface area contributed by atoms with Crippen molar-refractivity contribution in [3.8, 4) is 0 Å². The van der Waals surface area contributed by atoms with Gasteiger partial charge in [-0.1, -0.05) is 6.08 Å². The Labute approximate surface area is 158 Å². The van der Waals surface area contributed by atoms with Crippen molar-refractivity contribution in [1.82, 2.24) is 0 Å². The summed E-state index contributed by atoms with van der Waals surface area (Å²) in [6.07, 6.45) is 15.1. The number of ether oxygens (including phenoxy) is 1. The van der Waals surface area contributed by atoms with Crippen LogP contribution in [0, 0.1) is 0 Å². The maximum Gasteiger partial charge on any atom is 0.394 e. The molecule has 0 bridgehead atoms. The number of hydrogen-bond acceptors (Lipinski definition) is 4. The van der Waals surface area contributed by atoms with Crippen LogP contribution in [0.15, 0.2) is 12.2 Å². The molecule has 6 nitrogen and oxygen atoms in total. The van der Waals surface area contributed by atoms with Gasteiger partial charge in [0.15, 0.2) is 0 Å². The first-order valence-electron chi connectivity index (χ1n) is 8.30. The van der Waals surface area contributed by atoms with E-state index in [9.17, 15) is 4.79 Å². The van der Waals surface area contributed by atoms with E-state index in [4.69, 9.17) is 22.3 Å². The van der Waals surface area contributed by atoms with Crippen molar-refractivity contribution in [3.63, 3.8) is 0 Å². The van der Waals surface area contributed by atoms with E-state index >= 15 is 0 Å². The van der Waals surface area contributed by atoms with Crippen LogP contribution in [0.2, 0.25) is 3.67 Å². The zero-order valence-electron chi connectivity index (χ0n) is 14.4. The van der Waals surface area contributed by atoms with E-state index in [1.807, 2.05) is 6.92 Å². The molecule has 0 aliphatic rings. The Hall–Kier alpha value is 0.0800. The molecular weight excluding hydrogens is 331 g/mol. The minimum Gasteiger partial charge on any atom is -0.264 e. The maximum atomic E-state index is 11.0. The fourth-order valence-corrected chi connectivity index (χ4v) is 2.45. The summed E-state index contributed by atoms with van der Waals surface area (Å²) >= 11 is 1.37. The minimum absolute atomic E-state index is 0.212. The predicted octanol–water partition coefficient (Wildman–Crippen LogP) is 3.55. The third kappa shape index (κ3) is 34.4. The molecule has 8 heteroatoms. The first-order valence-corrected chi connectivity index (χ1v) is 11.1. The van der Waals surface area contributed by atoms with E-state index in [0.717, 1.165) is 6.42 Å². The second-order valence-corrected chi connectivity index (χ2v) is 7.19. The molecule has 0 aliphatic heterocycles. The van der Waals surface area contributed by atoms with Crippen molar-refractivity contribution in [2.75, 3.05) is 6.61 Å². The van der Waals surface area contributed by atoms with Gasteiger partial charge in [0.1, 0.15) is 0 Å². The Balaban J connectivity index is 0. The molecule has 0 spiro atoms. The quantitative estimate of drug-likeness (QED) is 0.181. The number of carbonyl (C=O) groups is 1. The van der Waals surface area contributed by atoms with Gasteiger partial charge in [0.25, 0.3) is 0 Å². The maximum absolute atomic E-state index is 11.0. The molecule has 0 amide bonds.